The highest BCUT2D eigenvalue weighted by Crippen LogP contribution is 2.18. The fourth-order valence-corrected chi connectivity index (χ4v) is 2.86. The van der Waals surface area contributed by atoms with Crippen LogP contribution in [0.2, 0.25) is 0 Å². The zero-order valence-corrected chi connectivity index (χ0v) is 18.9. The lowest BCUT2D eigenvalue weighted by Crippen LogP contribution is -2.50. The number of hydrogen-bond acceptors (Lipinski definition) is 6. The summed E-state index contributed by atoms with van der Waals surface area (Å²) in [5.41, 5.74) is 10.2. The number of carbonyl (C=O) groups excluding carboxylic acids is 1. The van der Waals surface area contributed by atoms with Crippen LogP contribution in [-0.2, 0) is 4.74 Å². The van der Waals surface area contributed by atoms with Crippen LogP contribution in [0.15, 0.2) is 65.2 Å². The van der Waals surface area contributed by atoms with Crippen LogP contribution < -0.4 is 21.7 Å². The Morgan fingerprint density at radius 2 is 1.84 bits per heavy atom. The minimum absolute atomic E-state index is 0.209. The monoisotopic (exact) mass is 439 g/mol. The number of carbonyl (C=O) groups is 1. The number of aliphatic hydroxyl groups excluding tert-OH is 1. The molecule has 2 aromatic carbocycles. The number of urea groups is 1. The fourth-order valence-electron chi connectivity index (χ4n) is 2.86. The number of methoxy groups -OCH3 is 1. The molecule has 8 heteroatoms. The molecule has 8 nitrogen and oxygen atoms in total. The van der Waals surface area contributed by atoms with Gasteiger partial charge in [0.15, 0.2) is 0 Å². The summed E-state index contributed by atoms with van der Waals surface area (Å²) in [6.45, 7) is 5.17. The second-order valence-corrected chi connectivity index (χ2v) is 7.38. The molecule has 0 unspecified atom stereocenters. The van der Waals surface area contributed by atoms with E-state index in [2.05, 4.69) is 20.9 Å². The average molecular weight is 440 g/mol. The third-order valence-corrected chi connectivity index (χ3v) is 4.78. The number of rotatable bonds is 10. The predicted molar refractivity (Wildman–Crippen MR) is 129 cm³/mol. The summed E-state index contributed by atoms with van der Waals surface area (Å²) >= 11 is 0. The molecule has 2 rings (SSSR count). The molecule has 0 heterocycles. The van der Waals surface area contributed by atoms with Gasteiger partial charge in [0, 0.05) is 31.5 Å². The molecule has 172 valence electrons. The maximum Gasteiger partial charge on any atom is 0.320 e. The Morgan fingerprint density at radius 3 is 2.47 bits per heavy atom. The average Bonchev–Trinajstić information content (AvgIpc) is 2.80. The number of nitrogens with zero attached hydrogens (tertiary/aromatic N) is 1. The second-order valence-electron chi connectivity index (χ2n) is 7.38. The lowest BCUT2D eigenvalue weighted by molar-refractivity contribution is 0.192. The molecule has 1 atom stereocenters. The summed E-state index contributed by atoms with van der Waals surface area (Å²) in [4.78, 5) is 17.3. The maximum atomic E-state index is 12.7. The molecule has 32 heavy (non-hydrogen) atoms. The molecular weight excluding hydrogens is 406 g/mol. The highest BCUT2D eigenvalue weighted by atomic mass is 16.5. The number of amides is 2. The number of para-hydroxylation sites is 1. The van der Waals surface area contributed by atoms with Crippen LogP contribution in [0.5, 0.6) is 0 Å². The van der Waals surface area contributed by atoms with Crippen molar-refractivity contribution >= 4 is 23.3 Å². The van der Waals surface area contributed by atoms with Crippen LogP contribution >= 0.6 is 0 Å². The summed E-state index contributed by atoms with van der Waals surface area (Å²) in [6.07, 6.45) is 0. The molecule has 6 N–H and O–H groups in total. The molecule has 2 amide bonds. The van der Waals surface area contributed by atoms with Crippen molar-refractivity contribution in [2.75, 3.05) is 33.4 Å². The zero-order chi connectivity index (χ0) is 23.3. The topological polar surface area (TPSA) is 121 Å². The predicted octanol–water partition coefficient (Wildman–Crippen LogP) is 2.31. The van der Waals surface area contributed by atoms with Gasteiger partial charge < -0.3 is 26.2 Å². The molecule has 0 saturated carbocycles. The minimum Gasteiger partial charge on any atom is -0.398 e. The first-order chi connectivity index (χ1) is 15.4. The first kappa shape index (κ1) is 25.1. The van der Waals surface area contributed by atoms with E-state index < -0.39 is 12.1 Å². The van der Waals surface area contributed by atoms with E-state index in [1.165, 1.54) is 0 Å². The van der Waals surface area contributed by atoms with Crippen molar-refractivity contribution < 1.29 is 14.6 Å². The van der Waals surface area contributed by atoms with Gasteiger partial charge in [-0.2, -0.15) is 0 Å². The lowest BCUT2D eigenvalue weighted by atomic mass is 10.1. The molecule has 2 aromatic rings. The quantitative estimate of drug-likeness (QED) is 0.221. The van der Waals surface area contributed by atoms with Crippen molar-refractivity contribution in [1.29, 1.82) is 0 Å². The molecule has 0 spiro atoms. The summed E-state index contributed by atoms with van der Waals surface area (Å²) in [5, 5.41) is 18.3. The Labute approximate surface area is 189 Å². The molecule has 0 bridgehead atoms. The summed E-state index contributed by atoms with van der Waals surface area (Å²) < 4.78 is 4.98. The van der Waals surface area contributed by atoms with Crippen molar-refractivity contribution in [2.24, 2.45) is 10.7 Å². The van der Waals surface area contributed by atoms with Crippen LogP contribution in [0.1, 0.15) is 18.1 Å². The summed E-state index contributed by atoms with van der Waals surface area (Å²) in [6, 6.07) is 16.2. The van der Waals surface area contributed by atoms with E-state index in [0.717, 1.165) is 11.1 Å². The number of nitrogens with two attached hydrogens (primary N) is 1. The van der Waals surface area contributed by atoms with Gasteiger partial charge in [0.25, 0.3) is 0 Å². The Balaban J connectivity index is 2.22. The number of aliphatic imine (C=N–C) groups is 1. The van der Waals surface area contributed by atoms with Gasteiger partial charge in [0.1, 0.15) is 5.84 Å². The molecule has 0 aliphatic rings. The Hall–Kier alpha value is -3.20. The Kier molecular flexibility index (Phi) is 10.4. The molecule has 0 fully saturated rings. The van der Waals surface area contributed by atoms with E-state index in [-0.39, 0.29) is 6.61 Å². The van der Waals surface area contributed by atoms with Crippen molar-refractivity contribution in [3.8, 4) is 0 Å². The number of hydrogen-bond donors (Lipinski definition) is 5. The van der Waals surface area contributed by atoms with Gasteiger partial charge in [0.2, 0.25) is 0 Å². The van der Waals surface area contributed by atoms with Gasteiger partial charge in [-0.15, -0.1) is 0 Å². The summed E-state index contributed by atoms with van der Waals surface area (Å²) in [5.74, 6) is 0.329. The third-order valence-electron chi connectivity index (χ3n) is 4.78. The smallest absolute Gasteiger partial charge is 0.320 e. The van der Waals surface area contributed by atoms with E-state index in [0.29, 0.717) is 42.5 Å². The van der Waals surface area contributed by atoms with Gasteiger partial charge in [-0.25, -0.2) is 9.79 Å². The minimum atomic E-state index is -0.483. The Morgan fingerprint density at radius 1 is 1.16 bits per heavy atom. The molecule has 0 aromatic heterocycles. The van der Waals surface area contributed by atoms with Crippen molar-refractivity contribution in [3.05, 3.63) is 71.3 Å². The van der Waals surface area contributed by atoms with Crippen molar-refractivity contribution in [3.63, 3.8) is 0 Å². The van der Waals surface area contributed by atoms with E-state index in [1.54, 1.807) is 7.11 Å². The van der Waals surface area contributed by atoms with Crippen LogP contribution in [0.25, 0.3) is 5.70 Å². The van der Waals surface area contributed by atoms with Crippen LogP contribution in [-0.4, -0.2) is 56.4 Å². The van der Waals surface area contributed by atoms with Crippen LogP contribution in [0.3, 0.4) is 0 Å². The first-order valence-electron chi connectivity index (χ1n) is 10.5. The van der Waals surface area contributed by atoms with Crippen LogP contribution in [0.4, 0.5) is 10.5 Å². The van der Waals surface area contributed by atoms with Crippen molar-refractivity contribution in [2.45, 2.75) is 19.9 Å². The lowest BCUT2D eigenvalue weighted by Gasteiger charge is -2.19. The van der Waals surface area contributed by atoms with Gasteiger partial charge in [0.05, 0.1) is 24.9 Å². The third kappa shape index (κ3) is 8.14. The highest BCUT2D eigenvalue weighted by molar-refractivity contribution is 6.11. The van der Waals surface area contributed by atoms with E-state index in [1.807, 2.05) is 68.4 Å². The zero-order valence-electron chi connectivity index (χ0n) is 18.9. The van der Waals surface area contributed by atoms with Gasteiger partial charge in [-0.05, 0) is 31.5 Å². The van der Waals surface area contributed by atoms with Gasteiger partial charge in [-0.3, -0.25) is 5.32 Å². The largest absolute Gasteiger partial charge is 0.398 e. The number of aliphatic hydroxyl groups is 1. The molecule has 0 aliphatic heterocycles. The SMILES string of the molecule is COCCNC[C@H](CO)NC(=O)NC(=Nc1ccccc1)C(C)=C(N)c1ccc(C)cc1. The molecular formula is C24H33N5O3. The standard InChI is InChI=1S/C24H33N5O3/c1-17-9-11-19(12-10-17)22(25)18(2)23(27-20-7-5-4-6-8-20)29-24(31)28-21(16-30)15-26-13-14-32-3/h4-12,21,26,30H,13-16,25H2,1-3H3,(H2,27,28,29,31)/t21-/m1/s1. The van der Waals surface area contributed by atoms with Crippen molar-refractivity contribution in [1.82, 2.24) is 16.0 Å². The fraction of sp³-hybridized carbons (Fsp3) is 0.333. The normalized spacial score (nSPS) is 13.3. The number of ether oxygens (including phenoxy) is 1. The maximum absolute atomic E-state index is 12.7. The molecule has 0 aliphatic carbocycles. The van der Waals surface area contributed by atoms with Gasteiger partial charge in [-0.1, -0.05) is 48.0 Å². The Bertz CT molecular complexity index is 911. The number of amidine groups is 1. The van der Waals surface area contributed by atoms with Gasteiger partial charge >= 0.3 is 6.03 Å². The summed E-state index contributed by atoms with van der Waals surface area (Å²) in [7, 11) is 1.61. The number of benzene rings is 2. The highest BCUT2D eigenvalue weighted by Gasteiger charge is 2.16. The second kappa shape index (κ2) is 13.3. The number of aryl methyl sites for hydroxylation is 1. The molecule has 0 saturated heterocycles. The van der Waals surface area contributed by atoms with E-state index in [9.17, 15) is 9.90 Å². The van der Waals surface area contributed by atoms with E-state index in [4.69, 9.17) is 10.5 Å². The molecule has 0 radical (unpaired) electrons. The van der Waals surface area contributed by atoms with E-state index >= 15 is 0 Å². The number of nitrogens with one attached hydrogen (secondary N) is 3. The first-order valence-corrected chi connectivity index (χ1v) is 10.5. The van der Waals surface area contributed by atoms with Crippen LogP contribution in [0, 0.1) is 6.92 Å².